The quantitative estimate of drug-likeness (QED) is 0.376. The molecule has 0 atom stereocenters. The fourth-order valence-electron chi connectivity index (χ4n) is 2.87. The molecule has 33 heavy (non-hydrogen) atoms. The Bertz CT molecular complexity index is 1190. The Hall–Kier alpha value is -3.08. The number of benzene rings is 2. The lowest BCUT2D eigenvalue weighted by atomic mass is 10.2. The van der Waals surface area contributed by atoms with E-state index in [1.54, 1.807) is 36.4 Å². The number of carbonyl (C=O) groups excluding carboxylic acids is 2. The van der Waals surface area contributed by atoms with Gasteiger partial charge in [0.2, 0.25) is 15.9 Å². The van der Waals surface area contributed by atoms with Gasteiger partial charge in [-0.25, -0.2) is 13.1 Å². The summed E-state index contributed by atoms with van der Waals surface area (Å²) in [5.74, 6) is 0.234. The smallest absolute Gasteiger partial charge is 0.256 e. The normalized spacial score (nSPS) is 11.4. The van der Waals surface area contributed by atoms with Crippen molar-refractivity contribution in [2.45, 2.75) is 36.2 Å². The van der Waals surface area contributed by atoms with Crippen LogP contribution in [0.5, 0.6) is 0 Å². The van der Waals surface area contributed by atoms with E-state index in [1.807, 2.05) is 13.8 Å². The maximum absolute atomic E-state index is 12.8. The third-order valence-corrected chi connectivity index (χ3v) is 6.87. The van der Waals surface area contributed by atoms with Crippen molar-refractivity contribution in [2.24, 2.45) is 0 Å². The highest BCUT2D eigenvalue weighted by atomic mass is 32.2. The second-order valence-corrected chi connectivity index (χ2v) is 10.2. The predicted molar refractivity (Wildman–Crippen MR) is 128 cm³/mol. The number of hydrogen-bond donors (Lipinski definition) is 3. The van der Waals surface area contributed by atoms with Crippen LogP contribution in [0.2, 0.25) is 0 Å². The lowest BCUT2D eigenvalue weighted by molar-refractivity contribution is -0.119. The highest BCUT2D eigenvalue weighted by Crippen LogP contribution is 2.24. The molecule has 0 aliphatic rings. The fourth-order valence-corrected chi connectivity index (χ4v) is 4.72. The van der Waals surface area contributed by atoms with E-state index in [1.165, 1.54) is 42.3 Å². The van der Waals surface area contributed by atoms with Crippen molar-refractivity contribution in [3.05, 3.63) is 78.3 Å². The molecule has 0 saturated heterocycles. The van der Waals surface area contributed by atoms with Crippen LogP contribution in [0.4, 0.5) is 5.69 Å². The molecule has 0 aliphatic carbocycles. The Labute approximate surface area is 197 Å². The third-order valence-electron chi connectivity index (χ3n) is 4.38. The highest BCUT2D eigenvalue weighted by Gasteiger charge is 2.16. The van der Waals surface area contributed by atoms with Gasteiger partial charge in [0.15, 0.2) is 0 Å². The van der Waals surface area contributed by atoms with Crippen LogP contribution in [0.1, 0.15) is 30.0 Å². The molecule has 1 aromatic heterocycles. The fraction of sp³-hybridized carbons (Fsp3) is 0.217. The molecule has 3 rings (SSSR count). The van der Waals surface area contributed by atoms with Crippen molar-refractivity contribution in [3.8, 4) is 0 Å². The SMILES string of the molecule is CC(C)NC(=O)CSc1ccccc1C(=O)Nc1ccc(S(=O)(=O)NCc2ccco2)cc1. The number of thioether (sulfide) groups is 1. The first-order valence-electron chi connectivity index (χ1n) is 10.2. The second kappa shape index (κ2) is 11.2. The molecule has 8 nitrogen and oxygen atoms in total. The molecule has 0 unspecified atom stereocenters. The number of hydrogen-bond acceptors (Lipinski definition) is 6. The topological polar surface area (TPSA) is 118 Å². The number of furan rings is 1. The molecule has 0 saturated carbocycles. The minimum atomic E-state index is -3.73. The minimum Gasteiger partial charge on any atom is -0.468 e. The van der Waals surface area contributed by atoms with Gasteiger partial charge in [-0.1, -0.05) is 12.1 Å². The van der Waals surface area contributed by atoms with Crippen LogP contribution in [0.15, 0.2) is 81.1 Å². The Kier molecular flexibility index (Phi) is 8.32. The first-order chi connectivity index (χ1) is 15.7. The van der Waals surface area contributed by atoms with Crippen molar-refractivity contribution in [3.63, 3.8) is 0 Å². The zero-order chi connectivity index (χ0) is 23.8. The number of rotatable bonds is 10. The summed E-state index contributed by atoms with van der Waals surface area (Å²) in [4.78, 5) is 25.5. The summed E-state index contributed by atoms with van der Waals surface area (Å²) in [7, 11) is -3.73. The molecule has 0 fully saturated rings. The van der Waals surface area contributed by atoms with Crippen molar-refractivity contribution >= 4 is 39.3 Å². The van der Waals surface area contributed by atoms with Crippen molar-refractivity contribution in [1.82, 2.24) is 10.0 Å². The van der Waals surface area contributed by atoms with Gasteiger partial charge >= 0.3 is 0 Å². The van der Waals surface area contributed by atoms with E-state index in [4.69, 9.17) is 4.42 Å². The largest absolute Gasteiger partial charge is 0.468 e. The summed E-state index contributed by atoms with van der Waals surface area (Å²) >= 11 is 1.28. The summed E-state index contributed by atoms with van der Waals surface area (Å²) in [5.41, 5.74) is 0.874. The van der Waals surface area contributed by atoms with Gasteiger partial charge in [-0.2, -0.15) is 0 Å². The Morgan fingerprint density at radius 2 is 1.73 bits per heavy atom. The Morgan fingerprint density at radius 3 is 2.39 bits per heavy atom. The van der Waals surface area contributed by atoms with E-state index in [9.17, 15) is 18.0 Å². The van der Waals surface area contributed by atoms with E-state index in [0.717, 1.165) is 0 Å². The highest BCUT2D eigenvalue weighted by molar-refractivity contribution is 8.00. The minimum absolute atomic E-state index is 0.0391. The number of sulfonamides is 1. The third kappa shape index (κ3) is 7.21. The zero-order valence-corrected chi connectivity index (χ0v) is 19.8. The standard InChI is InChI=1S/C23H25N3O5S2/c1-16(2)25-22(27)15-32-21-8-4-3-7-20(21)23(28)26-17-9-11-19(12-10-17)33(29,30)24-14-18-6-5-13-31-18/h3-13,16,24H,14-15H2,1-2H3,(H,25,27)(H,26,28). The van der Waals surface area contributed by atoms with E-state index in [0.29, 0.717) is 21.9 Å². The monoisotopic (exact) mass is 487 g/mol. The number of anilines is 1. The van der Waals surface area contributed by atoms with Gasteiger partial charge in [0.05, 0.1) is 29.0 Å². The predicted octanol–water partition coefficient (Wildman–Crippen LogP) is 3.63. The molecule has 0 aliphatic heterocycles. The Balaban J connectivity index is 1.63. The lowest BCUT2D eigenvalue weighted by Crippen LogP contribution is -2.31. The van der Waals surface area contributed by atoms with Gasteiger partial charge in [-0.05, 0) is 62.4 Å². The summed E-state index contributed by atoms with van der Waals surface area (Å²) < 4.78 is 32.5. The van der Waals surface area contributed by atoms with Crippen LogP contribution >= 0.6 is 11.8 Å². The van der Waals surface area contributed by atoms with Gasteiger partial charge in [-0.3, -0.25) is 9.59 Å². The van der Waals surface area contributed by atoms with Crippen LogP contribution in [-0.2, 0) is 21.4 Å². The average molecular weight is 488 g/mol. The van der Waals surface area contributed by atoms with Gasteiger partial charge in [-0.15, -0.1) is 11.8 Å². The van der Waals surface area contributed by atoms with Crippen molar-refractivity contribution in [2.75, 3.05) is 11.1 Å². The average Bonchev–Trinajstić information content (AvgIpc) is 3.30. The molecule has 0 bridgehead atoms. The van der Waals surface area contributed by atoms with E-state index in [-0.39, 0.29) is 35.0 Å². The molecule has 2 amide bonds. The zero-order valence-electron chi connectivity index (χ0n) is 18.2. The number of nitrogens with one attached hydrogen (secondary N) is 3. The van der Waals surface area contributed by atoms with Gasteiger partial charge in [0.1, 0.15) is 5.76 Å². The molecule has 10 heteroatoms. The van der Waals surface area contributed by atoms with Crippen LogP contribution in [0.25, 0.3) is 0 Å². The van der Waals surface area contributed by atoms with Gasteiger partial charge in [0.25, 0.3) is 5.91 Å². The maximum Gasteiger partial charge on any atom is 0.256 e. The van der Waals surface area contributed by atoms with Crippen LogP contribution in [0.3, 0.4) is 0 Å². The first kappa shape index (κ1) is 24.6. The first-order valence-corrected chi connectivity index (χ1v) is 12.7. The molecule has 3 N–H and O–H groups in total. The van der Waals surface area contributed by atoms with Crippen molar-refractivity contribution in [1.29, 1.82) is 0 Å². The van der Waals surface area contributed by atoms with Crippen LogP contribution < -0.4 is 15.4 Å². The number of amides is 2. The summed E-state index contributed by atoms with van der Waals surface area (Å²) in [5, 5.41) is 5.58. The molecule has 0 spiro atoms. The molecule has 0 radical (unpaired) electrons. The Morgan fingerprint density at radius 1 is 1.00 bits per heavy atom. The maximum atomic E-state index is 12.8. The molecular weight excluding hydrogens is 462 g/mol. The van der Waals surface area contributed by atoms with Crippen molar-refractivity contribution < 1.29 is 22.4 Å². The molecule has 2 aromatic carbocycles. The molecule has 174 valence electrons. The van der Waals surface area contributed by atoms with E-state index in [2.05, 4.69) is 15.4 Å². The number of carbonyl (C=O) groups is 2. The molecule has 1 heterocycles. The van der Waals surface area contributed by atoms with Gasteiger partial charge in [0, 0.05) is 16.6 Å². The molecular formula is C23H25N3O5S2. The summed E-state index contributed by atoms with van der Waals surface area (Å²) in [6, 6.07) is 16.3. The van der Waals surface area contributed by atoms with E-state index >= 15 is 0 Å². The van der Waals surface area contributed by atoms with Crippen LogP contribution in [0, 0.1) is 0 Å². The van der Waals surface area contributed by atoms with Gasteiger partial charge < -0.3 is 15.1 Å². The lowest BCUT2D eigenvalue weighted by Gasteiger charge is -2.12. The summed E-state index contributed by atoms with van der Waals surface area (Å²) in [6.45, 7) is 3.81. The second-order valence-electron chi connectivity index (χ2n) is 7.39. The summed E-state index contributed by atoms with van der Waals surface area (Å²) in [6.07, 6.45) is 1.47. The molecule has 3 aromatic rings. The van der Waals surface area contributed by atoms with E-state index < -0.39 is 10.0 Å². The van der Waals surface area contributed by atoms with Crippen LogP contribution in [-0.4, -0.2) is 32.0 Å².